The van der Waals surface area contributed by atoms with Gasteiger partial charge in [0.15, 0.2) is 0 Å². The highest BCUT2D eigenvalue weighted by molar-refractivity contribution is 5.67. The lowest BCUT2D eigenvalue weighted by Gasteiger charge is -2.28. The van der Waals surface area contributed by atoms with Crippen molar-refractivity contribution in [2.75, 3.05) is 0 Å². The molecule has 0 aromatic heterocycles. The molecule has 0 amide bonds. The first-order valence-corrected chi connectivity index (χ1v) is 6.12. The van der Waals surface area contributed by atoms with E-state index in [4.69, 9.17) is 0 Å². The zero-order valence-corrected chi connectivity index (χ0v) is 10.7. The summed E-state index contributed by atoms with van der Waals surface area (Å²) in [7, 11) is 0. The second-order valence-electron chi connectivity index (χ2n) is 5.03. The van der Waals surface area contributed by atoms with Gasteiger partial charge in [-0.05, 0) is 80.3 Å². The Morgan fingerprint density at radius 2 is 1.62 bits per heavy atom. The summed E-state index contributed by atoms with van der Waals surface area (Å²) < 4.78 is 0. The number of aldehydes is 1. The molecule has 0 fully saturated rings. The van der Waals surface area contributed by atoms with Crippen LogP contribution in [0.4, 0.5) is 0 Å². The molecule has 1 aromatic rings. The molecule has 0 spiro atoms. The van der Waals surface area contributed by atoms with Gasteiger partial charge in [0.1, 0.15) is 6.29 Å². The summed E-state index contributed by atoms with van der Waals surface area (Å²) in [5.74, 6) is 0.141. The summed E-state index contributed by atoms with van der Waals surface area (Å²) in [4.78, 5) is 11.2. The molecule has 1 aliphatic rings. The third-order valence-corrected chi connectivity index (χ3v) is 4.35. The van der Waals surface area contributed by atoms with Gasteiger partial charge in [-0.1, -0.05) is 0 Å². The number of hydrogen-bond donors (Lipinski definition) is 0. The average molecular weight is 216 g/mol. The predicted octanol–water partition coefficient (Wildman–Crippen LogP) is 3.54. The lowest BCUT2D eigenvalue weighted by molar-refractivity contribution is -0.109. The Labute approximate surface area is 97.9 Å². The number of fused-ring (bicyclic) bond motifs is 1. The quantitative estimate of drug-likeness (QED) is 0.656. The van der Waals surface area contributed by atoms with E-state index < -0.39 is 0 Å². The first-order chi connectivity index (χ1) is 7.57. The summed E-state index contributed by atoms with van der Waals surface area (Å²) in [6.45, 7) is 8.74. The van der Waals surface area contributed by atoms with Crippen molar-refractivity contribution in [2.45, 2.75) is 52.9 Å². The highest BCUT2D eigenvalue weighted by atomic mass is 16.1. The van der Waals surface area contributed by atoms with Crippen molar-refractivity contribution in [1.29, 1.82) is 0 Å². The van der Waals surface area contributed by atoms with Gasteiger partial charge in [0.2, 0.25) is 0 Å². The molecule has 1 unspecified atom stereocenters. The van der Waals surface area contributed by atoms with Crippen LogP contribution in [0.2, 0.25) is 0 Å². The van der Waals surface area contributed by atoms with Crippen molar-refractivity contribution < 1.29 is 4.79 Å². The van der Waals surface area contributed by atoms with Crippen molar-refractivity contribution in [3.8, 4) is 0 Å². The molecule has 1 heteroatoms. The van der Waals surface area contributed by atoms with Crippen LogP contribution in [-0.4, -0.2) is 6.29 Å². The van der Waals surface area contributed by atoms with E-state index in [1.54, 1.807) is 0 Å². The van der Waals surface area contributed by atoms with Crippen molar-refractivity contribution in [3.05, 3.63) is 33.4 Å². The van der Waals surface area contributed by atoms with Gasteiger partial charge in [0.25, 0.3) is 0 Å². The van der Waals surface area contributed by atoms with Gasteiger partial charge in [0.05, 0.1) is 0 Å². The summed E-state index contributed by atoms with van der Waals surface area (Å²) in [6.07, 6.45) is 4.46. The van der Waals surface area contributed by atoms with Crippen molar-refractivity contribution in [1.82, 2.24) is 0 Å². The molecular formula is C15H20O. The normalized spacial score (nSPS) is 19.4. The minimum Gasteiger partial charge on any atom is -0.303 e. The lowest BCUT2D eigenvalue weighted by Crippen LogP contribution is -2.16. The van der Waals surface area contributed by atoms with Crippen LogP contribution in [0.15, 0.2) is 0 Å². The van der Waals surface area contributed by atoms with Crippen molar-refractivity contribution in [3.63, 3.8) is 0 Å². The van der Waals surface area contributed by atoms with E-state index in [2.05, 4.69) is 27.7 Å². The minimum absolute atomic E-state index is 0.141. The molecule has 0 N–H and O–H groups in total. The number of hydrogen-bond acceptors (Lipinski definition) is 1. The maximum atomic E-state index is 11.2. The van der Waals surface area contributed by atoms with Crippen LogP contribution >= 0.6 is 0 Å². The SMILES string of the molecule is Cc1c(C)c(C)c2c(c1C)CCCC2C=O. The van der Waals surface area contributed by atoms with E-state index in [9.17, 15) is 4.79 Å². The highest BCUT2D eigenvalue weighted by Gasteiger charge is 2.25. The Balaban J connectivity index is 2.74. The molecule has 1 aliphatic carbocycles. The lowest BCUT2D eigenvalue weighted by atomic mass is 9.76. The van der Waals surface area contributed by atoms with Gasteiger partial charge in [-0.3, -0.25) is 0 Å². The first kappa shape index (κ1) is 11.4. The van der Waals surface area contributed by atoms with E-state index in [1.165, 1.54) is 33.4 Å². The van der Waals surface area contributed by atoms with Crippen molar-refractivity contribution >= 4 is 6.29 Å². The first-order valence-electron chi connectivity index (χ1n) is 6.12. The van der Waals surface area contributed by atoms with Crippen LogP contribution in [0.25, 0.3) is 0 Å². The average Bonchev–Trinajstić information content (AvgIpc) is 2.32. The van der Waals surface area contributed by atoms with Crippen LogP contribution in [0.1, 0.15) is 52.1 Å². The molecule has 0 radical (unpaired) electrons. The Morgan fingerprint density at radius 1 is 1.00 bits per heavy atom. The van der Waals surface area contributed by atoms with E-state index in [0.29, 0.717) is 0 Å². The smallest absolute Gasteiger partial charge is 0.127 e. The zero-order chi connectivity index (χ0) is 11.9. The Bertz CT molecular complexity index is 443. The fraction of sp³-hybridized carbons (Fsp3) is 0.533. The maximum Gasteiger partial charge on any atom is 0.127 e. The molecule has 16 heavy (non-hydrogen) atoms. The highest BCUT2D eigenvalue weighted by Crippen LogP contribution is 2.37. The number of benzene rings is 1. The largest absolute Gasteiger partial charge is 0.303 e. The fourth-order valence-electron chi connectivity index (χ4n) is 3.02. The Hall–Kier alpha value is -1.11. The summed E-state index contributed by atoms with van der Waals surface area (Å²) in [5, 5.41) is 0. The molecular weight excluding hydrogens is 196 g/mol. The van der Waals surface area contributed by atoms with E-state index >= 15 is 0 Å². The third kappa shape index (κ3) is 1.50. The molecule has 0 saturated carbocycles. The molecule has 0 heterocycles. The molecule has 0 bridgehead atoms. The van der Waals surface area contributed by atoms with E-state index in [0.717, 1.165) is 25.5 Å². The van der Waals surface area contributed by atoms with E-state index in [-0.39, 0.29) is 5.92 Å². The van der Waals surface area contributed by atoms with Gasteiger partial charge in [-0.25, -0.2) is 0 Å². The second kappa shape index (κ2) is 4.04. The van der Waals surface area contributed by atoms with Gasteiger partial charge in [-0.15, -0.1) is 0 Å². The maximum absolute atomic E-state index is 11.2. The molecule has 1 atom stereocenters. The summed E-state index contributed by atoms with van der Waals surface area (Å²) in [6, 6.07) is 0. The topological polar surface area (TPSA) is 17.1 Å². The van der Waals surface area contributed by atoms with Crippen LogP contribution in [-0.2, 0) is 11.2 Å². The fourth-order valence-corrected chi connectivity index (χ4v) is 3.02. The van der Waals surface area contributed by atoms with Gasteiger partial charge < -0.3 is 4.79 Å². The van der Waals surface area contributed by atoms with Gasteiger partial charge in [0, 0.05) is 5.92 Å². The molecule has 86 valence electrons. The van der Waals surface area contributed by atoms with Gasteiger partial charge >= 0.3 is 0 Å². The Morgan fingerprint density at radius 3 is 2.25 bits per heavy atom. The monoisotopic (exact) mass is 216 g/mol. The standard InChI is InChI=1S/C15H20O/c1-9-10(2)12(4)15-13(8-16)6-5-7-14(15)11(9)3/h8,13H,5-7H2,1-4H3. The summed E-state index contributed by atoms with van der Waals surface area (Å²) >= 11 is 0. The van der Waals surface area contributed by atoms with Crippen LogP contribution < -0.4 is 0 Å². The van der Waals surface area contributed by atoms with Gasteiger partial charge in [-0.2, -0.15) is 0 Å². The zero-order valence-electron chi connectivity index (χ0n) is 10.7. The number of carbonyl (C=O) groups excluding carboxylic acids is 1. The van der Waals surface area contributed by atoms with Crippen LogP contribution in [0, 0.1) is 27.7 Å². The predicted molar refractivity (Wildman–Crippen MR) is 67.1 cm³/mol. The molecule has 1 aromatic carbocycles. The molecule has 0 saturated heterocycles. The third-order valence-electron chi connectivity index (χ3n) is 4.35. The molecule has 2 rings (SSSR count). The van der Waals surface area contributed by atoms with Crippen LogP contribution in [0.5, 0.6) is 0 Å². The summed E-state index contributed by atoms with van der Waals surface area (Å²) in [5.41, 5.74) is 8.30. The Kier molecular flexibility index (Phi) is 2.88. The molecule has 1 nitrogen and oxygen atoms in total. The van der Waals surface area contributed by atoms with Crippen molar-refractivity contribution in [2.24, 2.45) is 0 Å². The van der Waals surface area contributed by atoms with E-state index in [1.807, 2.05) is 0 Å². The minimum atomic E-state index is 0.141. The number of rotatable bonds is 1. The van der Waals surface area contributed by atoms with Crippen LogP contribution in [0.3, 0.4) is 0 Å². The number of carbonyl (C=O) groups is 1. The molecule has 0 aliphatic heterocycles. The second-order valence-corrected chi connectivity index (χ2v) is 5.03.